The van der Waals surface area contributed by atoms with Gasteiger partial charge in [0.2, 0.25) is 0 Å². The van der Waals surface area contributed by atoms with E-state index in [4.69, 9.17) is 9.47 Å². The Hall–Kier alpha value is -1.88. The summed E-state index contributed by atoms with van der Waals surface area (Å²) in [5, 5.41) is 4.32. The van der Waals surface area contributed by atoms with E-state index in [9.17, 15) is 0 Å². The van der Waals surface area contributed by atoms with E-state index in [1.165, 1.54) is 0 Å². The molecule has 114 valence electrons. The van der Waals surface area contributed by atoms with Crippen LogP contribution >= 0.6 is 0 Å². The number of aromatic nitrogens is 2. The highest BCUT2D eigenvalue weighted by atomic mass is 16.5. The monoisotopic (exact) mass is 289 g/mol. The van der Waals surface area contributed by atoms with Gasteiger partial charge >= 0.3 is 0 Å². The Balaban J connectivity index is 2.33. The molecular weight excluding hydrogens is 266 g/mol. The third-order valence-corrected chi connectivity index (χ3v) is 3.23. The molecule has 21 heavy (non-hydrogen) atoms. The summed E-state index contributed by atoms with van der Waals surface area (Å²) in [5.74, 6) is 2.34. The smallest absolute Gasteiger partial charge is 0.137 e. The van der Waals surface area contributed by atoms with Gasteiger partial charge in [-0.2, -0.15) is 0 Å². The molecule has 0 saturated carbocycles. The molecule has 2 rings (SSSR count). The van der Waals surface area contributed by atoms with Crippen molar-refractivity contribution in [2.75, 3.05) is 25.6 Å². The van der Waals surface area contributed by atoms with E-state index in [1.807, 2.05) is 32.0 Å². The number of benzene rings is 1. The zero-order chi connectivity index (χ0) is 15.5. The maximum Gasteiger partial charge on any atom is 0.137 e. The summed E-state index contributed by atoms with van der Waals surface area (Å²) in [6.45, 7) is 9.36. The summed E-state index contributed by atoms with van der Waals surface area (Å²) < 4.78 is 11.0. The Bertz CT molecular complexity index is 626. The van der Waals surface area contributed by atoms with Crippen molar-refractivity contribution in [1.82, 2.24) is 9.97 Å². The van der Waals surface area contributed by atoms with E-state index in [-0.39, 0.29) is 5.60 Å². The molecule has 1 N–H and O–H groups in total. The molecule has 0 amide bonds. The summed E-state index contributed by atoms with van der Waals surface area (Å²) in [6, 6.07) is 5.80. The Morgan fingerprint density at radius 1 is 1.24 bits per heavy atom. The molecule has 0 bridgehead atoms. The molecule has 5 heteroatoms. The van der Waals surface area contributed by atoms with Crippen LogP contribution in [0.4, 0.5) is 5.82 Å². The van der Waals surface area contributed by atoms with Crippen LogP contribution in [0.15, 0.2) is 18.2 Å². The number of nitrogens with one attached hydrogen (secondary N) is 1. The second-order valence-corrected chi connectivity index (χ2v) is 5.55. The molecular formula is C16H23N3O2. The Morgan fingerprint density at radius 2 is 2.00 bits per heavy atom. The fourth-order valence-corrected chi connectivity index (χ4v) is 2.22. The average molecular weight is 289 g/mol. The van der Waals surface area contributed by atoms with Crippen molar-refractivity contribution in [2.45, 2.75) is 33.3 Å². The van der Waals surface area contributed by atoms with Crippen LogP contribution in [0.25, 0.3) is 10.9 Å². The minimum absolute atomic E-state index is 0.251. The Labute approximate surface area is 125 Å². The minimum atomic E-state index is -0.251. The topological polar surface area (TPSA) is 56.3 Å². The van der Waals surface area contributed by atoms with Crippen molar-refractivity contribution in [2.24, 2.45) is 0 Å². The first kappa shape index (κ1) is 15.5. The van der Waals surface area contributed by atoms with Crippen molar-refractivity contribution in [3.05, 3.63) is 24.0 Å². The third-order valence-electron chi connectivity index (χ3n) is 3.23. The van der Waals surface area contributed by atoms with Crippen LogP contribution in [0, 0.1) is 6.92 Å². The third kappa shape index (κ3) is 3.82. The largest absolute Gasteiger partial charge is 0.497 e. The van der Waals surface area contributed by atoms with Gasteiger partial charge in [0.15, 0.2) is 0 Å². The van der Waals surface area contributed by atoms with Gasteiger partial charge in [-0.3, -0.25) is 0 Å². The van der Waals surface area contributed by atoms with E-state index in [1.54, 1.807) is 7.11 Å². The predicted octanol–water partition coefficient (Wildman–Crippen LogP) is 3.17. The van der Waals surface area contributed by atoms with Crippen molar-refractivity contribution in [3.8, 4) is 5.75 Å². The van der Waals surface area contributed by atoms with Crippen molar-refractivity contribution < 1.29 is 9.47 Å². The fraction of sp³-hybridized carbons (Fsp3) is 0.500. The highest BCUT2D eigenvalue weighted by Crippen LogP contribution is 2.25. The molecule has 0 aliphatic heterocycles. The van der Waals surface area contributed by atoms with Crippen molar-refractivity contribution in [1.29, 1.82) is 0 Å². The molecule has 1 heterocycles. The van der Waals surface area contributed by atoms with Gasteiger partial charge < -0.3 is 14.8 Å². The lowest BCUT2D eigenvalue weighted by atomic mass is 10.1. The number of hydrogen-bond donors (Lipinski definition) is 1. The zero-order valence-corrected chi connectivity index (χ0v) is 13.4. The molecule has 1 aromatic carbocycles. The number of hydrogen-bond acceptors (Lipinski definition) is 5. The first-order valence-corrected chi connectivity index (χ1v) is 7.15. The molecule has 0 atom stereocenters. The number of ether oxygens (including phenoxy) is 2. The summed E-state index contributed by atoms with van der Waals surface area (Å²) in [7, 11) is 1.65. The van der Waals surface area contributed by atoms with Crippen molar-refractivity contribution >= 4 is 16.7 Å². The number of aryl methyl sites for hydroxylation is 1. The fourth-order valence-electron chi connectivity index (χ4n) is 2.22. The summed E-state index contributed by atoms with van der Waals surface area (Å²) in [6.07, 6.45) is 0. The van der Waals surface area contributed by atoms with Crippen LogP contribution in [-0.4, -0.2) is 35.8 Å². The predicted molar refractivity (Wildman–Crippen MR) is 85.0 cm³/mol. The van der Waals surface area contributed by atoms with Crippen LogP contribution < -0.4 is 10.1 Å². The lowest BCUT2D eigenvalue weighted by Crippen LogP contribution is -2.33. The lowest BCUT2D eigenvalue weighted by molar-refractivity contribution is 0.000660. The highest BCUT2D eigenvalue weighted by molar-refractivity contribution is 5.90. The molecule has 1 aromatic heterocycles. The summed E-state index contributed by atoms with van der Waals surface area (Å²) in [5.41, 5.74) is 0.652. The molecule has 0 spiro atoms. The van der Waals surface area contributed by atoms with E-state index in [2.05, 4.69) is 29.1 Å². The second kappa shape index (κ2) is 6.26. The number of nitrogens with zero attached hydrogens (tertiary/aromatic N) is 2. The Morgan fingerprint density at radius 3 is 2.67 bits per heavy atom. The number of rotatable bonds is 6. The van der Waals surface area contributed by atoms with Crippen LogP contribution in [0.5, 0.6) is 5.75 Å². The van der Waals surface area contributed by atoms with Gasteiger partial charge in [-0.1, -0.05) is 0 Å². The molecule has 0 radical (unpaired) electrons. The van der Waals surface area contributed by atoms with Gasteiger partial charge in [0.25, 0.3) is 0 Å². The summed E-state index contributed by atoms with van der Waals surface area (Å²) >= 11 is 0. The first-order chi connectivity index (χ1) is 9.95. The molecule has 0 fully saturated rings. The standard InChI is InChI=1S/C16H23N3O2/c1-6-21-16(3,4)10-17-15-13-9-12(20-5)7-8-14(13)18-11(2)19-15/h7-9H,6,10H2,1-5H3,(H,17,18,19). The SMILES string of the molecule is CCOC(C)(C)CNc1nc(C)nc2ccc(OC)cc12. The van der Waals surface area contributed by atoms with E-state index >= 15 is 0 Å². The number of anilines is 1. The van der Waals surface area contributed by atoms with Crippen molar-refractivity contribution in [3.63, 3.8) is 0 Å². The number of fused-ring (bicyclic) bond motifs is 1. The molecule has 0 aliphatic rings. The quantitative estimate of drug-likeness (QED) is 0.885. The van der Waals surface area contributed by atoms with Gasteiger partial charge in [-0.05, 0) is 45.9 Å². The van der Waals surface area contributed by atoms with Gasteiger partial charge in [0.1, 0.15) is 17.4 Å². The first-order valence-electron chi connectivity index (χ1n) is 7.15. The van der Waals surface area contributed by atoms with Gasteiger partial charge in [0.05, 0.1) is 18.2 Å². The zero-order valence-electron chi connectivity index (χ0n) is 13.4. The molecule has 0 saturated heterocycles. The maximum absolute atomic E-state index is 5.71. The van der Waals surface area contributed by atoms with Gasteiger partial charge in [-0.15, -0.1) is 0 Å². The Kier molecular flexibility index (Phi) is 4.63. The number of methoxy groups -OCH3 is 1. The molecule has 0 unspecified atom stereocenters. The average Bonchev–Trinajstić information content (AvgIpc) is 2.44. The van der Waals surface area contributed by atoms with Crippen LogP contribution in [0.3, 0.4) is 0 Å². The van der Waals surface area contributed by atoms with Gasteiger partial charge in [0, 0.05) is 18.5 Å². The molecule has 2 aromatic rings. The van der Waals surface area contributed by atoms with Crippen LogP contribution in [0.2, 0.25) is 0 Å². The maximum atomic E-state index is 5.71. The second-order valence-electron chi connectivity index (χ2n) is 5.55. The van der Waals surface area contributed by atoms with Crippen LogP contribution in [-0.2, 0) is 4.74 Å². The normalized spacial score (nSPS) is 11.7. The molecule has 0 aliphatic carbocycles. The molecule has 5 nitrogen and oxygen atoms in total. The van der Waals surface area contributed by atoms with E-state index < -0.39 is 0 Å². The van der Waals surface area contributed by atoms with Crippen LogP contribution in [0.1, 0.15) is 26.6 Å². The van der Waals surface area contributed by atoms with E-state index in [0.29, 0.717) is 13.2 Å². The lowest BCUT2D eigenvalue weighted by Gasteiger charge is -2.25. The summed E-state index contributed by atoms with van der Waals surface area (Å²) in [4.78, 5) is 8.96. The minimum Gasteiger partial charge on any atom is -0.497 e. The van der Waals surface area contributed by atoms with E-state index in [0.717, 1.165) is 28.3 Å². The highest BCUT2D eigenvalue weighted by Gasteiger charge is 2.18. The van der Waals surface area contributed by atoms with Gasteiger partial charge in [-0.25, -0.2) is 9.97 Å².